The van der Waals surface area contributed by atoms with E-state index in [9.17, 15) is 4.79 Å². The van der Waals surface area contributed by atoms with Gasteiger partial charge in [0.15, 0.2) is 5.65 Å². The number of ether oxygens (including phenoxy) is 1. The average Bonchev–Trinajstić information content (AvgIpc) is 2.91. The molecule has 0 spiro atoms. The Morgan fingerprint density at radius 2 is 2.05 bits per heavy atom. The van der Waals surface area contributed by atoms with E-state index in [0.29, 0.717) is 17.0 Å². The molecule has 6 nitrogen and oxygen atoms in total. The SMILES string of the molecule is COc1ccc(C(=O)Nc2nc3c(Br)cccn3n2)cc1. The summed E-state index contributed by atoms with van der Waals surface area (Å²) in [7, 11) is 1.58. The lowest BCUT2D eigenvalue weighted by molar-refractivity contribution is 0.102. The first-order valence-corrected chi connectivity index (χ1v) is 6.93. The highest BCUT2D eigenvalue weighted by molar-refractivity contribution is 9.10. The number of halogens is 1. The second-order valence-corrected chi connectivity index (χ2v) is 5.10. The van der Waals surface area contributed by atoms with Gasteiger partial charge in [-0.3, -0.25) is 10.1 Å². The van der Waals surface area contributed by atoms with Crippen LogP contribution < -0.4 is 10.1 Å². The van der Waals surface area contributed by atoms with Gasteiger partial charge in [0.2, 0.25) is 5.95 Å². The van der Waals surface area contributed by atoms with Crippen LogP contribution >= 0.6 is 15.9 Å². The van der Waals surface area contributed by atoms with Gasteiger partial charge in [-0.25, -0.2) is 4.52 Å². The van der Waals surface area contributed by atoms with Gasteiger partial charge in [-0.1, -0.05) is 0 Å². The zero-order valence-electron chi connectivity index (χ0n) is 11.1. The minimum absolute atomic E-state index is 0.253. The Balaban J connectivity index is 1.83. The monoisotopic (exact) mass is 346 g/mol. The van der Waals surface area contributed by atoms with E-state index in [0.717, 1.165) is 4.47 Å². The molecule has 0 saturated heterocycles. The predicted octanol–water partition coefficient (Wildman–Crippen LogP) is 2.75. The molecule has 0 radical (unpaired) electrons. The molecule has 0 saturated carbocycles. The van der Waals surface area contributed by atoms with Gasteiger partial charge in [0.25, 0.3) is 5.91 Å². The second-order valence-electron chi connectivity index (χ2n) is 4.24. The summed E-state index contributed by atoms with van der Waals surface area (Å²) in [6.45, 7) is 0. The Labute approximate surface area is 128 Å². The highest BCUT2D eigenvalue weighted by Crippen LogP contribution is 2.17. The number of carbonyl (C=O) groups is 1. The first-order chi connectivity index (χ1) is 10.2. The number of anilines is 1. The fraction of sp³-hybridized carbons (Fsp3) is 0.0714. The Morgan fingerprint density at radius 1 is 1.29 bits per heavy atom. The molecule has 0 atom stereocenters. The van der Waals surface area contributed by atoms with Crippen LogP contribution in [0.25, 0.3) is 5.65 Å². The number of carbonyl (C=O) groups excluding carboxylic acids is 1. The highest BCUT2D eigenvalue weighted by Gasteiger charge is 2.11. The Hall–Kier alpha value is -2.41. The van der Waals surface area contributed by atoms with E-state index in [1.54, 1.807) is 42.1 Å². The summed E-state index contributed by atoms with van der Waals surface area (Å²) in [4.78, 5) is 16.4. The van der Waals surface area contributed by atoms with Gasteiger partial charge in [0.1, 0.15) is 5.75 Å². The van der Waals surface area contributed by atoms with Crippen molar-refractivity contribution in [2.45, 2.75) is 0 Å². The summed E-state index contributed by atoms with van der Waals surface area (Å²) in [6, 6.07) is 10.5. The summed E-state index contributed by atoms with van der Waals surface area (Å²) in [5.41, 5.74) is 1.15. The predicted molar refractivity (Wildman–Crippen MR) is 81.6 cm³/mol. The standard InChI is InChI=1S/C14H11BrN4O2/c1-21-10-6-4-9(5-7-10)13(20)17-14-16-12-11(15)3-2-8-19(12)18-14/h2-8H,1H3,(H,17,18,20). The molecule has 0 aliphatic rings. The van der Waals surface area contributed by atoms with Crippen LogP contribution in [0.5, 0.6) is 5.75 Å². The van der Waals surface area contributed by atoms with Crippen molar-refractivity contribution >= 4 is 33.4 Å². The van der Waals surface area contributed by atoms with E-state index in [4.69, 9.17) is 4.74 Å². The van der Waals surface area contributed by atoms with E-state index in [1.807, 2.05) is 12.1 Å². The number of nitrogens with zero attached hydrogens (tertiary/aromatic N) is 3. The van der Waals surface area contributed by atoms with Crippen molar-refractivity contribution in [1.29, 1.82) is 0 Å². The quantitative estimate of drug-likeness (QED) is 0.791. The van der Waals surface area contributed by atoms with Crippen LogP contribution in [0.3, 0.4) is 0 Å². The number of rotatable bonds is 3. The summed E-state index contributed by atoms with van der Waals surface area (Å²) in [5, 5.41) is 6.86. The van der Waals surface area contributed by atoms with E-state index >= 15 is 0 Å². The fourth-order valence-electron chi connectivity index (χ4n) is 1.84. The molecule has 1 N–H and O–H groups in total. The maximum absolute atomic E-state index is 12.1. The number of hydrogen-bond donors (Lipinski definition) is 1. The van der Waals surface area contributed by atoms with Crippen molar-refractivity contribution in [3.05, 3.63) is 52.6 Å². The van der Waals surface area contributed by atoms with Gasteiger partial charge >= 0.3 is 0 Å². The van der Waals surface area contributed by atoms with Crippen LogP contribution in [-0.4, -0.2) is 27.6 Å². The van der Waals surface area contributed by atoms with Crippen LogP contribution in [0, 0.1) is 0 Å². The van der Waals surface area contributed by atoms with Gasteiger partial charge in [-0.05, 0) is 52.3 Å². The zero-order valence-corrected chi connectivity index (χ0v) is 12.7. The summed E-state index contributed by atoms with van der Waals surface area (Å²) in [5.74, 6) is 0.675. The average molecular weight is 347 g/mol. The molecule has 0 unspecified atom stereocenters. The van der Waals surface area contributed by atoms with Crippen LogP contribution in [0.4, 0.5) is 5.95 Å². The highest BCUT2D eigenvalue weighted by atomic mass is 79.9. The number of aromatic nitrogens is 3. The number of nitrogens with one attached hydrogen (secondary N) is 1. The lowest BCUT2D eigenvalue weighted by atomic mass is 10.2. The summed E-state index contributed by atoms with van der Waals surface area (Å²) >= 11 is 3.39. The van der Waals surface area contributed by atoms with E-state index in [1.165, 1.54) is 0 Å². The van der Waals surface area contributed by atoms with Crippen LogP contribution in [0.15, 0.2) is 47.1 Å². The topological polar surface area (TPSA) is 68.5 Å². The molecule has 2 aromatic heterocycles. The Kier molecular flexibility index (Phi) is 3.57. The number of hydrogen-bond acceptors (Lipinski definition) is 4. The largest absolute Gasteiger partial charge is 0.497 e. The maximum Gasteiger partial charge on any atom is 0.258 e. The molecular formula is C14H11BrN4O2. The number of amides is 1. The first-order valence-electron chi connectivity index (χ1n) is 6.13. The third-order valence-corrected chi connectivity index (χ3v) is 3.51. The molecule has 1 amide bonds. The lowest BCUT2D eigenvalue weighted by Crippen LogP contribution is -2.12. The van der Waals surface area contributed by atoms with Crippen molar-refractivity contribution in [2.75, 3.05) is 12.4 Å². The van der Waals surface area contributed by atoms with Crippen molar-refractivity contribution in [3.63, 3.8) is 0 Å². The molecular weight excluding hydrogens is 336 g/mol. The van der Waals surface area contributed by atoms with Gasteiger partial charge < -0.3 is 4.74 Å². The Morgan fingerprint density at radius 3 is 2.71 bits per heavy atom. The molecule has 3 aromatic rings. The fourth-order valence-corrected chi connectivity index (χ4v) is 2.27. The zero-order chi connectivity index (χ0) is 14.8. The number of pyridine rings is 1. The first kappa shape index (κ1) is 13.6. The molecule has 2 heterocycles. The molecule has 0 aliphatic heterocycles. The maximum atomic E-state index is 12.1. The van der Waals surface area contributed by atoms with Gasteiger partial charge in [0, 0.05) is 11.8 Å². The molecule has 0 bridgehead atoms. The molecule has 3 rings (SSSR count). The van der Waals surface area contributed by atoms with Crippen LogP contribution in [0.1, 0.15) is 10.4 Å². The third kappa shape index (κ3) is 2.73. The number of benzene rings is 1. The smallest absolute Gasteiger partial charge is 0.258 e. The van der Waals surface area contributed by atoms with Crippen LogP contribution in [-0.2, 0) is 0 Å². The molecule has 7 heteroatoms. The minimum Gasteiger partial charge on any atom is -0.497 e. The minimum atomic E-state index is -0.273. The van der Waals surface area contributed by atoms with E-state index in [-0.39, 0.29) is 11.9 Å². The molecule has 1 aromatic carbocycles. The lowest BCUT2D eigenvalue weighted by Gasteiger charge is -2.02. The molecule has 0 fully saturated rings. The molecule has 21 heavy (non-hydrogen) atoms. The summed E-state index contributed by atoms with van der Waals surface area (Å²) in [6.07, 6.45) is 1.76. The van der Waals surface area contributed by atoms with Crippen molar-refractivity contribution in [1.82, 2.24) is 14.6 Å². The number of fused-ring (bicyclic) bond motifs is 1. The normalized spacial score (nSPS) is 10.6. The number of methoxy groups -OCH3 is 1. The second kappa shape index (κ2) is 5.53. The van der Waals surface area contributed by atoms with Gasteiger partial charge in [0.05, 0.1) is 11.6 Å². The van der Waals surface area contributed by atoms with Crippen molar-refractivity contribution in [2.24, 2.45) is 0 Å². The Bertz CT molecular complexity index is 798. The van der Waals surface area contributed by atoms with E-state index in [2.05, 4.69) is 31.3 Å². The van der Waals surface area contributed by atoms with Crippen molar-refractivity contribution in [3.8, 4) is 5.75 Å². The third-order valence-electron chi connectivity index (χ3n) is 2.89. The van der Waals surface area contributed by atoms with Crippen molar-refractivity contribution < 1.29 is 9.53 Å². The molecule has 106 valence electrons. The van der Waals surface area contributed by atoms with Gasteiger partial charge in [-0.2, -0.15) is 4.98 Å². The van der Waals surface area contributed by atoms with E-state index < -0.39 is 0 Å². The van der Waals surface area contributed by atoms with Crippen LogP contribution in [0.2, 0.25) is 0 Å². The molecule has 0 aliphatic carbocycles. The van der Waals surface area contributed by atoms with Gasteiger partial charge in [-0.15, -0.1) is 5.10 Å². The summed E-state index contributed by atoms with van der Waals surface area (Å²) < 4.78 is 7.45.